The second-order valence-electron chi connectivity index (χ2n) is 6.21. The fourth-order valence-corrected chi connectivity index (χ4v) is 3.76. The Hall–Kier alpha value is -1.72. The third-order valence-corrected chi connectivity index (χ3v) is 5.33. The number of nitrogens with zero attached hydrogens (tertiary/aromatic N) is 2. The number of hydrogen-bond acceptors (Lipinski definition) is 4. The molecule has 1 N–H and O–H groups in total. The molecule has 0 bridgehead atoms. The first-order chi connectivity index (χ1) is 11.1. The molecule has 2 aromatic rings. The molecular weight excluding hydrogens is 308 g/mol. The number of aryl methyl sites for hydroxylation is 1. The highest BCUT2D eigenvalue weighted by molar-refractivity contribution is 7.08. The molecule has 1 aliphatic rings. The van der Waals surface area contributed by atoms with E-state index in [1.165, 1.54) is 0 Å². The van der Waals surface area contributed by atoms with E-state index in [2.05, 4.69) is 10.4 Å². The summed E-state index contributed by atoms with van der Waals surface area (Å²) in [4.78, 5) is 19.2. The van der Waals surface area contributed by atoms with Gasteiger partial charge in [-0.1, -0.05) is 0 Å². The maximum absolute atomic E-state index is 12.7. The number of likely N-dealkylation sites (tertiary alicyclic amines) is 1. The summed E-state index contributed by atoms with van der Waals surface area (Å²) < 4.78 is 0. The lowest BCUT2D eigenvalue weighted by atomic mass is 9.92. The van der Waals surface area contributed by atoms with Crippen LogP contribution in [0.1, 0.15) is 35.8 Å². The Bertz CT molecular complexity index is 674. The summed E-state index contributed by atoms with van der Waals surface area (Å²) in [5, 5.41) is 13.8. The van der Waals surface area contributed by atoms with Gasteiger partial charge in [0.2, 0.25) is 0 Å². The predicted molar refractivity (Wildman–Crippen MR) is 92.6 cm³/mol. The fourth-order valence-electron chi connectivity index (χ4n) is 3.11. The average Bonchev–Trinajstić information content (AvgIpc) is 3.08. The molecule has 1 fully saturated rings. The van der Waals surface area contributed by atoms with Gasteiger partial charge in [-0.25, -0.2) is 0 Å². The second kappa shape index (κ2) is 6.81. The maximum atomic E-state index is 12.7. The summed E-state index contributed by atoms with van der Waals surface area (Å²) in [5.41, 5.74) is 3.46. The van der Waals surface area contributed by atoms with Crippen molar-refractivity contribution in [1.29, 1.82) is 0 Å². The monoisotopic (exact) mass is 330 g/mol. The van der Waals surface area contributed by atoms with Crippen LogP contribution in [-0.4, -0.2) is 40.1 Å². The topological polar surface area (TPSA) is 53.4 Å². The van der Waals surface area contributed by atoms with Crippen LogP contribution in [0, 0.1) is 12.8 Å². The van der Waals surface area contributed by atoms with Crippen LogP contribution >= 0.6 is 11.3 Å². The molecular formula is C18H22N2O2S. The zero-order valence-electron chi connectivity index (χ0n) is 13.5. The van der Waals surface area contributed by atoms with Gasteiger partial charge < -0.3 is 10.0 Å². The number of amides is 1. The van der Waals surface area contributed by atoms with E-state index >= 15 is 0 Å². The molecule has 1 aliphatic heterocycles. The molecule has 0 spiro atoms. The molecule has 122 valence electrons. The van der Waals surface area contributed by atoms with E-state index in [-0.39, 0.29) is 12.0 Å². The molecule has 5 heteroatoms. The molecule has 0 aliphatic carbocycles. The Morgan fingerprint density at radius 1 is 1.35 bits per heavy atom. The van der Waals surface area contributed by atoms with Crippen LogP contribution in [0.25, 0.3) is 11.3 Å². The van der Waals surface area contributed by atoms with Gasteiger partial charge in [0.15, 0.2) is 0 Å². The summed E-state index contributed by atoms with van der Waals surface area (Å²) in [7, 11) is 0. The quantitative estimate of drug-likeness (QED) is 0.939. The van der Waals surface area contributed by atoms with Crippen molar-refractivity contribution in [3.8, 4) is 11.3 Å². The third-order valence-electron chi connectivity index (χ3n) is 4.64. The van der Waals surface area contributed by atoms with Crippen molar-refractivity contribution >= 4 is 17.2 Å². The summed E-state index contributed by atoms with van der Waals surface area (Å²) >= 11 is 1.64. The first-order valence-corrected chi connectivity index (χ1v) is 8.98. The van der Waals surface area contributed by atoms with Gasteiger partial charge in [-0.2, -0.15) is 11.3 Å². The minimum atomic E-state index is -0.291. The number of hydrogen-bond donors (Lipinski definition) is 1. The Morgan fingerprint density at radius 2 is 2.09 bits per heavy atom. The molecule has 23 heavy (non-hydrogen) atoms. The Kier molecular flexibility index (Phi) is 4.78. The lowest BCUT2D eigenvalue weighted by Crippen LogP contribution is -2.41. The van der Waals surface area contributed by atoms with Crippen LogP contribution in [0.5, 0.6) is 0 Å². The molecule has 1 amide bonds. The largest absolute Gasteiger partial charge is 0.393 e. The SMILES string of the molecule is Cc1nc(-c2ccsc2)ccc1C(=O)N1CCC(C(C)O)CC1. The lowest BCUT2D eigenvalue weighted by molar-refractivity contribution is 0.0520. The number of aliphatic hydroxyl groups is 1. The molecule has 1 unspecified atom stereocenters. The molecule has 1 atom stereocenters. The van der Waals surface area contributed by atoms with Crippen molar-refractivity contribution in [2.75, 3.05) is 13.1 Å². The lowest BCUT2D eigenvalue weighted by Gasteiger charge is -2.33. The Balaban J connectivity index is 1.73. The normalized spacial score (nSPS) is 17.3. The van der Waals surface area contributed by atoms with Crippen LogP contribution in [0.2, 0.25) is 0 Å². The molecule has 0 radical (unpaired) electrons. The van der Waals surface area contributed by atoms with Gasteiger partial charge in [0.1, 0.15) is 0 Å². The fraction of sp³-hybridized carbons (Fsp3) is 0.444. The van der Waals surface area contributed by atoms with Gasteiger partial charge in [0.05, 0.1) is 23.1 Å². The van der Waals surface area contributed by atoms with Crippen molar-refractivity contribution in [2.24, 2.45) is 5.92 Å². The number of carbonyl (C=O) groups is 1. The minimum absolute atomic E-state index is 0.0518. The maximum Gasteiger partial charge on any atom is 0.255 e. The van der Waals surface area contributed by atoms with Crippen LogP contribution in [0.4, 0.5) is 0 Å². The van der Waals surface area contributed by atoms with Crippen molar-refractivity contribution in [3.05, 3.63) is 40.2 Å². The Morgan fingerprint density at radius 3 is 2.65 bits per heavy atom. The van der Waals surface area contributed by atoms with Crippen LogP contribution < -0.4 is 0 Å². The molecule has 3 heterocycles. The van der Waals surface area contributed by atoms with Crippen LogP contribution in [0.15, 0.2) is 29.0 Å². The van der Waals surface area contributed by atoms with Gasteiger partial charge in [-0.05, 0) is 56.2 Å². The molecule has 1 saturated heterocycles. The smallest absolute Gasteiger partial charge is 0.255 e. The first-order valence-electron chi connectivity index (χ1n) is 8.04. The van der Waals surface area contributed by atoms with Gasteiger partial charge in [-0.15, -0.1) is 0 Å². The molecule has 0 saturated carbocycles. The standard InChI is InChI=1S/C18H22N2O2S/c1-12-16(3-4-17(19-12)15-7-10-23-11-15)18(22)20-8-5-14(6-9-20)13(2)21/h3-4,7,10-11,13-14,21H,5-6,8-9H2,1-2H3. The van der Waals surface area contributed by atoms with Crippen LogP contribution in [0.3, 0.4) is 0 Å². The molecule has 3 rings (SSSR count). The number of pyridine rings is 1. The van der Waals surface area contributed by atoms with E-state index < -0.39 is 0 Å². The number of piperidine rings is 1. The van der Waals surface area contributed by atoms with E-state index in [4.69, 9.17) is 0 Å². The van der Waals surface area contributed by atoms with Gasteiger partial charge in [-0.3, -0.25) is 9.78 Å². The highest BCUT2D eigenvalue weighted by atomic mass is 32.1. The summed E-state index contributed by atoms with van der Waals surface area (Å²) in [5.74, 6) is 0.357. The highest BCUT2D eigenvalue weighted by Crippen LogP contribution is 2.24. The Labute approximate surface area is 140 Å². The highest BCUT2D eigenvalue weighted by Gasteiger charge is 2.26. The van der Waals surface area contributed by atoms with Crippen molar-refractivity contribution in [2.45, 2.75) is 32.8 Å². The van der Waals surface area contributed by atoms with Gasteiger partial charge in [0, 0.05) is 24.0 Å². The second-order valence-corrected chi connectivity index (χ2v) is 6.99. The number of aromatic nitrogens is 1. The molecule has 0 aromatic carbocycles. The number of rotatable bonds is 3. The minimum Gasteiger partial charge on any atom is -0.393 e. The van der Waals surface area contributed by atoms with Crippen molar-refractivity contribution in [1.82, 2.24) is 9.88 Å². The van der Waals surface area contributed by atoms with Gasteiger partial charge >= 0.3 is 0 Å². The van der Waals surface area contributed by atoms with E-state index in [9.17, 15) is 9.90 Å². The summed E-state index contributed by atoms with van der Waals surface area (Å²) in [6, 6.07) is 5.85. The van der Waals surface area contributed by atoms with E-state index in [1.54, 1.807) is 11.3 Å². The van der Waals surface area contributed by atoms with Gasteiger partial charge in [0.25, 0.3) is 5.91 Å². The third kappa shape index (κ3) is 3.46. The number of thiophene rings is 1. The average molecular weight is 330 g/mol. The molecule has 2 aromatic heterocycles. The molecule has 4 nitrogen and oxygen atoms in total. The van der Waals surface area contributed by atoms with E-state index in [0.717, 1.165) is 29.8 Å². The van der Waals surface area contributed by atoms with E-state index in [0.29, 0.717) is 24.6 Å². The zero-order valence-corrected chi connectivity index (χ0v) is 14.3. The first kappa shape index (κ1) is 16.1. The summed E-state index contributed by atoms with van der Waals surface area (Å²) in [6.45, 7) is 5.14. The van der Waals surface area contributed by atoms with Crippen molar-refractivity contribution < 1.29 is 9.90 Å². The zero-order chi connectivity index (χ0) is 16.4. The predicted octanol–water partition coefficient (Wildman–Crippen LogP) is 3.35. The number of aliphatic hydroxyl groups excluding tert-OH is 1. The van der Waals surface area contributed by atoms with Crippen LogP contribution in [-0.2, 0) is 0 Å². The van der Waals surface area contributed by atoms with E-state index in [1.807, 2.05) is 42.3 Å². The number of carbonyl (C=O) groups excluding carboxylic acids is 1. The van der Waals surface area contributed by atoms with Crippen molar-refractivity contribution in [3.63, 3.8) is 0 Å². The summed E-state index contributed by atoms with van der Waals surface area (Å²) in [6.07, 6.45) is 1.44.